The topological polar surface area (TPSA) is 64.6 Å². The number of allylic oxidation sites excluding steroid dienone is 4. The molecule has 1 N–H and O–H groups in total. The molecule has 174 valence electrons. The second-order valence-electron chi connectivity index (χ2n) is 10.9. The lowest BCUT2D eigenvalue weighted by molar-refractivity contribution is -0.119. The predicted molar refractivity (Wildman–Crippen MR) is 128 cm³/mol. The average molecular weight is 448 g/mol. The van der Waals surface area contributed by atoms with E-state index in [1.807, 2.05) is 25.1 Å². The quantitative estimate of drug-likeness (QED) is 0.639. The van der Waals surface area contributed by atoms with Gasteiger partial charge in [-0.25, -0.2) is 0 Å². The van der Waals surface area contributed by atoms with Gasteiger partial charge in [-0.05, 0) is 48.3 Å². The molecule has 1 aliphatic heterocycles. The van der Waals surface area contributed by atoms with Gasteiger partial charge in [0, 0.05) is 41.3 Å². The minimum atomic E-state index is -0.399. The Morgan fingerprint density at radius 1 is 0.939 bits per heavy atom. The fourth-order valence-corrected chi connectivity index (χ4v) is 5.43. The zero-order chi connectivity index (χ0) is 24.0. The number of Topliss-reactive ketones (excluding diaryl/α,β-unsaturated/α-hetero) is 2. The summed E-state index contributed by atoms with van der Waals surface area (Å²) in [7, 11) is 0. The van der Waals surface area contributed by atoms with Crippen molar-refractivity contribution in [2.45, 2.75) is 66.2 Å². The van der Waals surface area contributed by atoms with Crippen molar-refractivity contribution in [3.63, 3.8) is 0 Å². The van der Waals surface area contributed by atoms with E-state index in [9.17, 15) is 9.59 Å². The maximum absolute atomic E-state index is 13.4. The third-order valence-electron chi connectivity index (χ3n) is 6.63. The molecule has 0 unspecified atom stereocenters. The van der Waals surface area contributed by atoms with E-state index in [-0.39, 0.29) is 29.0 Å². The zero-order valence-electron chi connectivity index (χ0n) is 20.3. The summed E-state index contributed by atoms with van der Waals surface area (Å²) in [5.41, 5.74) is 3.98. The van der Waals surface area contributed by atoms with Gasteiger partial charge in [-0.3, -0.25) is 9.59 Å². The molecular weight excluding hydrogens is 414 g/mol. The second-order valence-corrected chi connectivity index (χ2v) is 10.9. The number of carbonyl (C=O) groups excluding carboxylic acids is 2. The monoisotopic (exact) mass is 447 g/mol. The first-order chi connectivity index (χ1) is 15.5. The Morgan fingerprint density at radius 2 is 1.52 bits per heavy atom. The van der Waals surface area contributed by atoms with Crippen LogP contribution in [0.3, 0.4) is 0 Å². The van der Waals surface area contributed by atoms with Gasteiger partial charge < -0.3 is 14.8 Å². The van der Waals surface area contributed by atoms with Gasteiger partial charge in [-0.1, -0.05) is 39.7 Å². The van der Waals surface area contributed by atoms with Gasteiger partial charge in [-0.15, -0.1) is 6.42 Å². The highest BCUT2D eigenvalue weighted by molar-refractivity contribution is 6.06. The number of hydrogen-bond donors (Lipinski definition) is 1. The minimum absolute atomic E-state index is 0.105. The summed E-state index contributed by atoms with van der Waals surface area (Å²) in [6.07, 6.45) is 7.84. The number of benzene rings is 1. The standard InChI is InChI=1S/C28H33NO4/c1-7-11-33-22-10-9-17(12-23(22)32-8-2)24-25-18(13-27(3,4)15-20(25)30)29-19-14-28(5,6)16-21(31)26(19)24/h1,9-10,12,24,29H,8,11,13-16H2,2-6H3. The summed E-state index contributed by atoms with van der Waals surface area (Å²) >= 11 is 0. The first-order valence-electron chi connectivity index (χ1n) is 11.7. The van der Waals surface area contributed by atoms with Crippen LogP contribution in [0.15, 0.2) is 40.7 Å². The normalized spacial score (nSPS) is 21.7. The van der Waals surface area contributed by atoms with E-state index >= 15 is 0 Å². The zero-order valence-corrected chi connectivity index (χ0v) is 20.3. The molecule has 0 radical (unpaired) electrons. The average Bonchev–Trinajstić information content (AvgIpc) is 2.69. The predicted octanol–water partition coefficient (Wildman–Crippen LogP) is 5.07. The van der Waals surface area contributed by atoms with E-state index in [1.165, 1.54) is 0 Å². The van der Waals surface area contributed by atoms with Crippen molar-refractivity contribution in [2.24, 2.45) is 10.8 Å². The summed E-state index contributed by atoms with van der Waals surface area (Å²) in [6.45, 7) is 11.0. The number of hydrogen-bond acceptors (Lipinski definition) is 5. The lowest BCUT2D eigenvalue weighted by Crippen LogP contribution is -2.42. The third-order valence-corrected chi connectivity index (χ3v) is 6.63. The number of nitrogens with one attached hydrogen (secondary N) is 1. The van der Waals surface area contributed by atoms with Crippen molar-refractivity contribution in [1.29, 1.82) is 0 Å². The maximum Gasteiger partial charge on any atom is 0.162 e. The highest BCUT2D eigenvalue weighted by atomic mass is 16.5. The van der Waals surface area contributed by atoms with E-state index in [2.05, 4.69) is 38.9 Å². The highest BCUT2D eigenvalue weighted by Gasteiger charge is 2.46. The van der Waals surface area contributed by atoms with Crippen LogP contribution in [0.1, 0.15) is 71.8 Å². The minimum Gasteiger partial charge on any atom is -0.490 e. The van der Waals surface area contributed by atoms with Crippen molar-refractivity contribution in [2.75, 3.05) is 13.2 Å². The van der Waals surface area contributed by atoms with Crippen LogP contribution in [-0.2, 0) is 9.59 Å². The van der Waals surface area contributed by atoms with Crippen molar-refractivity contribution in [3.05, 3.63) is 46.3 Å². The fourth-order valence-electron chi connectivity index (χ4n) is 5.43. The maximum atomic E-state index is 13.4. The fraction of sp³-hybridized carbons (Fsp3) is 0.500. The van der Waals surface area contributed by atoms with Gasteiger partial charge in [0.15, 0.2) is 23.1 Å². The molecule has 0 spiro atoms. The van der Waals surface area contributed by atoms with Gasteiger partial charge in [-0.2, -0.15) is 0 Å². The Kier molecular flexibility index (Phi) is 5.90. The number of ether oxygens (including phenoxy) is 2. The van der Waals surface area contributed by atoms with Crippen LogP contribution in [0.5, 0.6) is 11.5 Å². The lowest BCUT2D eigenvalue weighted by atomic mass is 9.64. The van der Waals surface area contributed by atoms with E-state index in [4.69, 9.17) is 15.9 Å². The molecule has 4 rings (SSSR count). The molecule has 0 atom stereocenters. The number of dihydropyridines is 1. The Morgan fingerprint density at radius 3 is 2.03 bits per heavy atom. The number of ketones is 2. The first kappa shape index (κ1) is 23.2. The summed E-state index contributed by atoms with van der Waals surface area (Å²) in [5.74, 6) is 3.41. The second kappa shape index (κ2) is 8.41. The molecule has 5 nitrogen and oxygen atoms in total. The Hall–Kier alpha value is -3.00. The van der Waals surface area contributed by atoms with Crippen molar-refractivity contribution < 1.29 is 19.1 Å². The third kappa shape index (κ3) is 4.44. The first-order valence-corrected chi connectivity index (χ1v) is 11.7. The van der Waals surface area contributed by atoms with Crippen molar-refractivity contribution >= 4 is 11.6 Å². The molecule has 0 saturated heterocycles. The Labute approximate surface area is 196 Å². The van der Waals surface area contributed by atoms with Crippen LogP contribution in [0.2, 0.25) is 0 Å². The van der Waals surface area contributed by atoms with Crippen LogP contribution in [0, 0.1) is 23.2 Å². The van der Waals surface area contributed by atoms with E-state index in [1.54, 1.807) is 0 Å². The summed E-state index contributed by atoms with van der Waals surface area (Å²) in [6, 6.07) is 5.66. The smallest absolute Gasteiger partial charge is 0.162 e. The SMILES string of the molecule is C#CCOc1ccc(C2C3=C(CC(C)(C)CC3=O)NC3=C2C(=O)CC(C)(C)C3)cc1OCC. The van der Waals surface area contributed by atoms with Crippen LogP contribution in [0.4, 0.5) is 0 Å². The number of carbonyl (C=O) groups is 2. The lowest BCUT2D eigenvalue weighted by Gasteiger charge is -2.44. The molecule has 5 heteroatoms. The van der Waals surface area contributed by atoms with Crippen molar-refractivity contribution in [3.8, 4) is 23.8 Å². The molecule has 0 saturated carbocycles. The molecule has 33 heavy (non-hydrogen) atoms. The molecule has 0 fully saturated rings. The van der Waals surface area contributed by atoms with Crippen molar-refractivity contribution in [1.82, 2.24) is 5.32 Å². The van der Waals surface area contributed by atoms with Crippen LogP contribution in [-0.4, -0.2) is 24.8 Å². The highest BCUT2D eigenvalue weighted by Crippen LogP contribution is 2.51. The van der Waals surface area contributed by atoms with E-state index in [0.717, 1.165) is 40.9 Å². The van der Waals surface area contributed by atoms with Gasteiger partial charge in [0.2, 0.25) is 0 Å². The summed E-state index contributed by atoms with van der Waals surface area (Å²) < 4.78 is 11.5. The molecule has 0 bridgehead atoms. The molecule has 2 aliphatic carbocycles. The van der Waals surface area contributed by atoms with Gasteiger partial charge in [0.25, 0.3) is 0 Å². The van der Waals surface area contributed by atoms with E-state index in [0.29, 0.717) is 30.9 Å². The van der Waals surface area contributed by atoms with Crippen LogP contribution >= 0.6 is 0 Å². The van der Waals surface area contributed by atoms with Crippen LogP contribution < -0.4 is 14.8 Å². The Balaban J connectivity index is 1.88. The van der Waals surface area contributed by atoms with E-state index < -0.39 is 5.92 Å². The number of terminal acetylenes is 1. The summed E-state index contributed by atoms with van der Waals surface area (Å²) in [4.78, 5) is 26.9. The summed E-state index contributed by atoms with van der Waals surface area (Å²) in [5, 5.41) is 3.55. The molecular formula is C28H33NO4. The van der Waals surface area contributed by atoms with Crippen LogP contribution in [0.25, 0.3) is 0 Å². The Bertz CT molecular complexity index is 1060. The molecule has 1 heterocycles. The number of rotatable bonds is 5. The van der Waals surface area contributed by atoms with Gasteiger partial charge >= 0.3 is 0 Å². The molecule has 0 amide bonds. The largest absolute Gasteiger partial charge is 0.490 e. The van der Waals surface area contributed by atoms with Gasteiger partial charge in [0.1, 0.15) is 6.61 Å². The molecule has 1 aromatic carbocycles. The van der Waals surface area contributed by atoms with Gasteiger partial charge in [0.05, 0.1) is 6.61 Å². The molecule has 1 aromatic rings. The molecule has 0 aromatic heterocycles. The molecule has 3 aliphatic rings.